The van der Waals surface area contributed by atoms with Crippen LogP contribution in [-0.4, -0.2) is 35.0 Å². The molecule has 17 heavy (non-hydrogen) atoms. The van der Waals surface area contributed by atoms with Gasteiger partial charge in [0.15, 0.2) is 0 Å². The quantitative estimate of drug-likeness (QED) is 0.811. The van der Waals surface area contributed by atoms with Crippen LogP contribution in [0.2, 0.25) is 0 Å². The molecule has 0 saturated heterocycles. The van der Waals surface area contributed by atoms with Gasteiger partial charge in [0, 0.05) is 36.4 Å². The Bertz CT molecular complexity index is 568. The minimum Gasteiger partial charge on any atom is -0.346 e. The molecule has 88 valence electrons. The molecular weight excluding hydrogens is 210 g/mol. The van der Waals surface area contributed by atoms with Gasteiger partial charge in [-0.05, 0) is 30.7 Å². The zero-order chi connectivity index (χ0) is 11.8. The number of H-pyrrole nitrogens is 1. The predicted octanol–water partition coefficient (Wildman–Crippen LogP) is 2.53. The number of aromatic nitrogens is 2. The van der Waals surface area contributed by atoms with Crippen molar-refractivity contribution < 1.29 is 0 Å². The van der Waals surface area contributed by atoms with Crippen molar-refractivity contribution >= 4 is 16.6 Å². The van der Waals surface area contributed by atoms with Crippen LogP contribution < -0.4 is 0 Å². The maximum absolute atomic E-state index is 4.34. The van der Waals surface area contributed by atoms with Gasteiger partial charge >= 0.3 is 0 Å². The van der Waals surface area contributed by atoms with Gasteiger partial charge in [-0.1, -0.05) is 13.0 Å². The first-order valence-electron chi connectivity index (χ1n) is 6.06. The molecule has 0 fully saturated rings. The molecule has 1 atom stereocenters. The predicted molar refractivity (Wildman–Crippen MR) is 70.7 cm³/mol. The lowest BCUT2D eigenvalue weighted by atomic mass is 9.96. The van der Waals surface area contributed by atoms with Gasteiger partial charge in [0.25, 0.3) is 0 Å². The van der Waals surface area contributed by atoms with E-state index in [0.717, 1.165) is 18.7 Å². The van der Waals surface area contributed by atoms with E-state index in [0.29, 0.717) is 5.92 Å². The highest BCUT2D eigenvalue weighted by atomic mass is 15.1. The van der Waals surface area contributed by atoms with Crippen LogP contribution in [0.15, 0.2) is 30.6 Å². The van der Waals surface area contributed by atoms with Gasteiger partial charge in [-0.25, -0.2) is 4.98 Å². The van der Waals surface area contributed by atoms with E-state index in [4.69, 9.17) is 0 Å². The molecule has 3 nitrogen and oxygen atoms in total. The van der Waals surface area contributed by atoms with E-state index in [1.807, 2.05) is 12.3 Å². The Morgan fingerprint density at radius 3 is 3.18 bits per heavy atom. The highest BCUT2D eigenvalue weighted by Gasteiger charge is 2.17. The van der Waals surface area contributed by atoms with E-state index in [2.05, 4.69) is 47.2 Å². The number of fused-ring (bicyclic) bond motifs is 1. The minimum atomic E-state index is 0.616. The molecule has 0 amide bonds. The fourth-order valence-electron chi connectivity index (χ4n) is 2.69. The van der Waals surface area contributed by atoms with Gasteiger partial charge in [0.1, 0.15) is 5.65 Å². The third-order valence-electron chi connectivity index (χ3n) is 3.32. The molecule has 0 saturated carbocycles. The number of nitrogens with one attached hydrogen (secondary N) is 1. The van der Waals surface area contributed by atoms with Crippen LogP contribution in [0, 0.1) is 5.92 Å². The van der Waals surface area contributed by atoms with Crippen LogP contribution in [0.1, 0.15) is 12.5 Å². The highest BCUT2D eigenvalue weighted by molar-refractivity contribution is 5.91. The van der Waals surface area contributed by atoms with Crippen molar-refractivity contribution in [3.05, 3.63) is 36.2 Å². The van der Waals surface area contributed by atoms with Crippen molar-refractivity contribution in [2.24, 2.45) is 5.92 Å². The molecule has 0 unspecified atom stereocenters. The average molecular weight is 227 g/mol. The second kappa shape index (κ2) is 4.00. The van der Waals surface area contributed by atoms with Crippen molar-refractivity contribution in [3.63, 3.8) is 0 Å². The maximum Gasteiger partial charge on any atom is 0.137 e. The summed E-state index contributed by atoms with van der Waals surface area (Å²) < 4.78 is 0. The smallest absolute Gasteiger partial charge is 0.137 e. The van der Waals surface area contributed by atoms with Gasteiger partial charge in [0.2, 0.25) is 0 Å². The molecular formula is C14H17N3. The van der Waals surface area contributed by atoms with Crippen LogP contribution in [0.25, 0.3) is 16.6 Å². The summed E-state index contributed by atoms with van der Waals surface area (Å²) in [6.45, 7) is 4.43. The van der Waals surface area contributed by atoms with Crippen molar-refractivity contribution in [1.82, 2.24) is 14.9 Å². The van der Waals surface area contributed by atoms with Crippen molar-refractivity contribution in [2.75, 3.05) is 20.1 Å². The average Bonchev–Trinajstić information content (AvgIpc) is 2.71. The molecule has 0 aliphatic carbocycles. The van der Waals surface area contributed by atoms with Gasteiger partial charge in [-0.3, -0.25) is 0 Å². The molecule has 0 bridgehead atoms. The third-order valence-corrected chi connectivity index (χ3v) is 3.32. The topological polar surface area (TPSA) is 31.9 Å². The number of nitrogens with zero attached hydrogens (tertiary/aromatic N) is 2. The Balaban J connectivity index is 2.09. The van der Waals surface area contributed by atoms with Gasteiger partial charge in [-0.2, -0.15) is 0 Å². The number of likely N-dealkylation sites (N-methyl/N-ethyl adjacent to an activating group) is 1. The zero-order valence-corrected chi connectivity index (χ0v) is 10.3. The molecule has 3 rings (SSSR count). The maximum atomic E-state index is 4.34. The van der Waals surface area contributed by atoms with Crippen molar-refractivity contribution in [1.29, 1.82) is 0 Å². The van der Waals surface area contributed by atoms with E-state index in [9.17, 15) is 0 Å². The van der Waals surface area contributed by atoms with Crippen LogP contribution in [0.3, 0.4) is 0 Å². The molecule has 3 heteroatoms. The molecule has 1 aliphatic heterocycles. The van der Waals surface area contributed by atoms with E-state index in [1.165, 1.54) is 16.5 Å². The SMILES string of the molecule is C[C@@H]1C=C(c2c[nH]c3ncccc23)CN(C)C1. The van der Waals surface area contributed by atoms with Gasteiger partial charge < -0.3 is 9.88 Å². The summed E-state index contributed by atoms with van der Waals surface area (Å²) in [6, 6.07) is 4.13. The van der Waals surface area contributed by atoms with Crippen LogP contribution in [-0.2, 0) is 0 Å². The molecule has 0 spiro atoms. The summed E-state index contributed by atoms with van der Waals surface area (Å²) in [6.07, 6.45) is 6.29. The summed E-state index contributed by atoms with van der Waals surface area (Å²) in [4.78, 5) is 9.95. The number of hydrogen-bond donors (Lipinski definition) is 1. The summed E-state index contributed by atoms with van der Waals surface area (Å²) in [5.41, 5.74) is 3.68. The Hall–Kier alpha value is -1.61. The number of rotatable bonds is 1. The highest BCUT2D eigenvalue weighted by Crippen LogP contribution is 2.27. The normalized spacial score (nSPS) is 21.8. The summed E-state index contributed by atoms with van der Waals surface area (Å²) in [5, 5.41) is 1.22. The first-order valence-corrected chi connectivity index (χ1v) is 6.06. The van der Waals surface area contributed by atoms with Crippen molar-refractivity contribution in [3.8, 4) is 0 Å². The summed E-state index contributed by atoms with van der Waals surface area (Å²) >= 11 is 0. The van der Waals surface area contributed by atoms with E-state index < -0.39 is 0 Å². The second-order valence-electron chi connectivity index (χ2n) is 4.97. The Labute approximate surface area is 101 Å². The first-order chi connectivity index (χ1) is 8.24. The van der Waals surface area contributed by atoms with E-state index in [1.54, 1.807) is 0 Å². The molecule has 0 radical (unpaired) electrons. The van der Waals surface area contributed by atoms with E-state index >= 15 is 0 Å². The van der Waals surface area contributed by atoms with Crippen LogP contribution >= 0.6 is 0 Å². The lowest BCUT2D eigenvalue weighted by molar-refractivity contribution is 0.330. The summed E-state index contributed by atoms with van der Waals surface area (Å²) in [5.74, 6) is 0.616. The Morgan fingerprint density at radius 1 is 1.47 bits per heavy atom. The largest absolute Gasteiger partial charge is 0.346 e. The molecule has 3 heterocycles. The molecule has 0 aromatic carbocycles. The van der Waals surface area contributed by atoms with Crippen LogP contribution in [0.4, 0.5) is 0 Å². The van der Waals surface area contributed by atoms with Crippen LogP contribution in [0.5, 0.6) is 0 Å². The number of hydrogen-bond acceptors (Lipinski definition) is 2. The monoisotopic (exact) mass is 227 g/mol. The fourth-order valence-corrected chi connectivity index (χ4v) is 2.69. The third kappa shape index (κ3) is 1.87. The second-order valence-corrected chi connectivity index (χ2v) is 4.97. The standard InChI is InChI=1S/C14H17N3/c1-10-6-11(9-17(2)8-10)13-7-16-14-12(13)4-3-5-15-14/h3-7,10H,8-9H2,1-2H3,(H,15,16)/t10-/m1/s1. The number of aromatic amines is 1. The van der Waals surface area contributed by atoms with Gasteiger partial charge in [0.05, 0.1) is 0 Å². The van der Waals surface area contributed by atoms with Gasteiger partial charge in [-0.15, -0.1) is 0 Å². The Morgan fingerprint density at radius 2 is 2.35 bits per heavy atom. The zero-order valence-electron chi connectivity index (χ0n) is 10.3. The molecule has 1 N–H and O–H groups in total. The van der Waals surface area contributed by atoms with Crippen molar-refractivity contribution in [2.45, 2.75) is 6.92 Å². The van der Waals surface area contributed by atoms with E-state index in [-0.39, 0.29) is 0 Å². The minimum absolute atomic E-state index is 0.616. The lowest BCUT2D eigenvalue weighted by Crippen LogP contribution is -2.29. The summed E-state index contributed by atoms with van der Waals surface area (Å²) in [7, 11) is 2.18. The number of pyridine rings is 1. The Kier molecular flexibility index (Phi) is 2.48. The molecule has 2 aromatic rings. The lowest BCUT2D eigenvalue weighted by Gasteiger charge is -2.27. The molecule has 2 aromatic heterocycles. The fraction of sp³-hybridized carbons (Fsp3) is 0.357. The first kappa shape index (κ1) is 10.5. The molecule has 1 aliphatic rings.